The normalized spacial score (nSPS) is 13.1. The lowest BCUT2D eigenvalue weighted by atomic mass is 9.92. The van der Waals surface area contributed by atoms with E-state index in [0.717, 1.165) is 55.7 Å². The van der Waals surface area contributed by atoms with Crippen LogP contribution in [0.1, 0.15) is 43.0 Å². The number of aromatic nitrogens is 1. The van der Waals surface area contributed by atoms with Crippen LogP contribution in [0.4, 0.5) is 11.6 Å². The van der Waals surface area contributed by atoms with E-state index in [0.29, 0.717) is 34.4 Å². The molecular weight excluding hydrogens is 679 g/mol. The Morgan fingerprint density at radius 3 is 1.55 bits per heavy atom. The molecule has 55 heavy (non-hydrogen) atoms. The van der Waals surface area contributed by atoms with Gasteiger partial charge in [-0.25, -0.2) is 9.98 Å². The summed E-state index contributed by atoms with van der Waals surface area (Å²) in [5, 5.41) is 6.31. The lowest BCUT2D eigenvalue weighted by molar-refractivity contribution is 0.0976. The minimum atomic E-state index is -0.281. The highest BCUT2D eigenvalue weighted by molar-refractivity contribution is 6.51. The molecule has 266 valence electrons. The maximum absolute atomic E-state index is 13.8. The van der Waals surface area contributed by atoms with Gasteiger partial charge in [-0.15, -0.1) is 0 Å². The molecule has 0 fully saturated rings. The van der Waals surface area contributed by atoms with Crippen molar-refractivity contribution in [2.75, 3.05) is 5.32 Å². The third-order valence-electron chi connectivity index (χ3n) is 9.62. The van der Waals surface area contributed by atoms with Crippen LogP contribution in [-0.2, 0) is 0 Å². The topological polar surface area (TPSA) is 98.7 Å². The number of aliphatic imine (C=N–C) groups is 2. The van der Waals surface area contributed by atoms with Crippen LogP contribution in [0, 0.1) is 13.8 Å². The molecule has 7 nitrogen and oxygen atoms in total. The highest BCUT2D eigenvalue weighted by Crippen LogP contribution is 2.47. The molecule has 2 heterocycles. The van der Waals surface area contributed by atoms with E-state index >= 15 is 0 Å². The van der Waals surface area contributed by atoms with Crippen LogP contribution in [0.2, 0.25) is 0 Å². The first-order chi connectivity index (χ1) is 27.0. The summed E-state index contributed by atoms with van der Waals surface area (Å²) in [6.45, 7) is 4.10. The van der Waals surface area contributed by atoms with Crippen molar-refractivity contribution in [1.82, 2.24) is 10.3 Å². The van der Waals surface area contributed by atoms with Crippen molar-refractivity contribution >= 4 is 46.3 Å². The van der Waals surface area contributed by atoms with Crippen molar-refractivity contribution in [1.29, 1.82) is 0 Å². The van der Waals surface area contributed by atoms with Crippen LogP contribution in [-0.4, -0.2) is 28.5 Å². The fraction of sp³-hybridized carbons (Fsp3) is 0.0417. The molecule has 3 N–H and O–H groups in total. The number of nitrogens with one attached hydrogen (secondary N) is 3. The van der Waals surface area contributed by atoms with Crippen molar-refractivity contribution in [2.24, 2.45) is 9.98 Å². The molecule has 7 heteroatoms. The number of nitrogens with zero attached hydrogens (tertiary/aromatic N) is 2. The Hall–Kier alpha value is -7.38. The lowest BCUT2D eigenvalue weighted by Crippen LogP contribution is -2.30. The first-order valence-corrected chi connectivity index (χ1v) is 18.1. The molecule has 0 aliphatic carbocycles. The number of H-pyrrole nitrogens is 1. The third kappa shape index (κ3) is 7.06. The first kappa shape index (κ1) is 34.7. The van der Waals surface area contributed by atoms with Crippen LogP contribution in [0.25, 0.3) is 33.4 Å². The molecule has 7 aromatic rings. The monoisotopic (exact) mass is 715 g/mol. The lowest BCUT2D eigenvalue weighted by Gasteiger charge is -2.14. The fourth-order valence-electron chi connectivity index (χ4n) is 6.94. The maximum atomic E-state index is 13.8. The van der Waals surface area contributed by atoms with Crippen molar-refractivity contribution in [3.8, 4) is 22.3 Å². The summed E-state index contributed by atoms with van der Waals surface area (Å²) in [6, 6.07) is 54.4. The Morgan fingerprint density at radius 1 is 0.509 bits per heavy atom. The van der Waals surface area contributed by atoms with E-state index in [1.165, 1.54) is 0 Å². The molecule has 0 saturated heterocycles. The van der Waals surface area contributed by atoms with Gasteiger partial charge in [0.2, 0.25) is 0 Å². The second kappa shape index (κ2) is 15.3. The van der Waals surface area contributed by atoms with E-state index in [9.17, 15) is 9.59 Å². The molecule has 2 amide bonds. The van der Waals surface area contributed by atoms with Gasteiger partial charge in [0.15, 0.2) is 5.84 Å². The van der Waals surface area contributed by atoms with Crippen molar-refractivity contribution < 1.29 is 9.59 Å². The molecule has 0 saturated carbocycles. The molecule has 0 bridgehead atoms. The second-order valence-corrected chi connectivity index (χ2v) is 13.2. The molecule has 1 aromatic heterocycles. The number of amides is 2. The van der Waals surface area contributed by atoms with Gasteiger partial charge in [-0.1, -0.05) is 146 Å². The van der Waals surface area contributed by atoms with Crippen molar-refractivity contribution in [3.63, 3.8) is 0 Å². The van der Waals surface area contributed by atoms with E-state index in [2.05, 4.69) is 34.7 Å². The largest absolute Gasteiger partial charge is 0.325 e. The minimum Gasteiger partial charge on any atom is -0.325 e. The van der Waals surface area contributed by atoms with E-state index in [-0.39, 0.29) is 11.8 Å². The standard InChI is InChI=1S/C48H37N5O2/c1-31-19-15-17-29-37(31)41-39(33-21-7-3-8-22-33)43(50-45(41)52-47(54)35-25-11-5-12-26-35)49-44-40(34-23-9-4-10-24-34)42(38-30-18-16-20-32(38)2)46(51-44)53-48(55)36-27-13-6-14-28-36/h3-30,50H,1-2H3,(H,52,54)(H,49,51,53,55). The van der Waals surface area contributed by atoms with Gasteiger partial charge in [0.1, 0.15) is 17.5 Å². The van der Waals surface area contributed by atoms with Crippen molar-refractivity contribution in [3.05, 3.63) is 203 Å². The number of hydrogen-bond acceptors (Lipinski definition) is 3. The number of amidine groups is 2. The van der Waals surface area contributed by atoms with Gasteiger partial charge in [0.25, 0.3) is 11.8 Å². The maximum Gasteiger partial charge on any atom is 0.256 e. The summed E-state index contributed by atoms with van der Waals surface area (Å²) in [7, 11) is 0. The Bertz CT molecular complexity index is 2620. The van der Waals surface area contributed by atoms with Gasteiger partial charge in [-0.05, 0) is 71.5 Å². The fourth-order valence-corrected chi connectivity index (χ4v) is 6.94. The number of hydrogen-bond donors (Lipinski definition) is 3. The molecule has 0 spiro atoms. The zero-order valence-electron chi connectivity index (χ0n) is 30.4. The molecule has 8 rings (SSSR count). The van der Waals surface area contributed by atoms with Crippen LogP contribution in [0.5, 0.6) is 0 Å². The quantitative estimate of drug-likeness (QED) is 0.146. The number of benzene rings is 6. The summed E-state index contributed by atoms with van der Waals surface area (Å²) >= 11 is 0. The Morgan fingerprint density at radius 2 is 0.982 bits per heavy atom. The molecule has 0 unspecified atom stereocenters. The van der Waals surface area contributed by atoms with Crippen LogP contribution in [0.3, 0.4) is 0 Å². The van der Waals surface area contributed by atoms with Gasteiger partial charge in [-0.2, -0.15) is 0 Å². The molecule has 0 radical (unpaired) electrons. The predicted molar refractivity (Wildman–Crippen MR) is 224 cm³/mol. The number of aromatic amines is 1. The van der Waals surface area contributed by atoms with Crippen LogP contribution < -0.4 is 10.6 Å². The number of carbonyl (C=O) groups is 2. The Balaban J connectivity index is 1.40. The molecule has 6 aromatic carbocycles. The zero-order chi connectivity index (χ0) is 37.7. The summed E-state index contributed by atoms with van der Waals surface area (Å²) in [6.07, 6.45) is 0. The highest BCUT2D eigenvalue weighted by atomic mass is 16.2. The molecular formula is C48H37N5O2. The van der Waals surface area contributed by atoms with E-state index < -0.39 is 0 Å². The van der Waals surface area contributed by atoms with Crippen LogP contribution >= 0.6 is 0 Å². The Labute approximate surface area is 319 Å². The molecule has 0 atom stereocenters. The average molecular weight is 716 g/mol. The van der Waals surface area contributed by atoms with E-state index in [1.54, 1.807) is 24.3 Å². The van der Waals surface area contributed by atoms with Gasteiger partial charge in [0.05, 0.1) is 0 Å². The van der Waals surface area contributed by atoms with Gasteiger partial charge >= 0.3 is 0 Å². The minimum absolute atomic E-state index is 0.257. The molecule has 1 aliphatic rings. The summed E-state index contributed by atoms with van der Waals surface area (Å²) < 4.78 is 0. The second-order valence-electron chi connectivity index (χ2n) is 13.2. The predicted octanol–water partition coefficient (Wildman–Crippen LogP) is 10.7. The average Bonchev–Trinajstić information content (AvgIpc) is 3.76. The first-order valence-electron chi connectivity index (χ1n) is 18.1. The number of aryl methyl sites for hydroxylation is 2. The molecule has 1 aliphatic heterocycles. The highest BCUT2D eigenvalue weighted by Gasteiger charge is 2.31. The number of rotatable bonds is 8. The van der Waals surface area contributed by atoms with Gasteiger partial charge in [0, 0.05) is 33.4 Å². The Kier molecular flexibility index (Phi) is 9.65. The van der Waals surface area contributed by atoms with Crippen molar-refractivity contribution in [2.45, 2.75) is 13.8 Å². The SMILES string of the molecule is Cc1ccccc1C1=C(c2ccccc2)C(=Nc2[nH]c(NC(=O)c3ccccc3)c(-c3ccccc3C)c2-c2ccccc2)N=C1NC(=O)c1ccccc1. The van der Waals surface area contributed by atoms with Gasteiger partial charge in [-0.3, -0.25) is 9.59 Å². The number of anilines is 1. The summed E-state index contributed by atoms with van der Waals surface area (Å²) in [5.41, 5.74) is 9.87. The van der Waals surface area contributed by atoms with E-state index in [1.807, 2.05) is 140 Å². The zero-order valence-corrected chi connectivity index (χ0v) is 30.4. The van der Waals surface area contributed by atoms with Gasteiger partial charge < -0.3 is 15.6 Å². The van der Waals surface area contributed by atoms with Crippen LogP contribution in [0.15, 0.2) is 180 Å². The van der Waals surface area contributed by atoms with E-state index in [4.69, 9.17) is 9.98 Å². The third-order valence-corrected chi connectivity index (χ3v) is 9.62. The number of carbonyl (C=O) groups excluding carboxylic acids is 2. The summed E-state index contributed by atoms with van der Waals surface area (Å²) in [4.78, 5) is 41.6. The smallest absolute Gasteiger partial charge is 0.256 e. The summed E-state index contributed by atoms with van der Waals surface area (Å²) in [5.74, 6) is 1.27.